The largest absolute Gasteiger partial charge is 0.481 e. The molecular weight excluding hydrogens is 210 g/mol. The van der Waals surface area contributed by atoms with Crippen molar-refractivity contribution in [1.29, 1.82) is 0 Å². The van der Waals surface area contributed by atoms with Crippen LogP contribution in [0.25, 0.3) is 0 Å². The van der Waals surface area contributed by atoms with Crippen molar-refractivity contribution < 1.29 is 14.8 Å². The summed E-state index contributed by atoms with van der Waals surface area (Å²) in [4.78, 5) is 21.3. The van der Waals surface area contributed by atoms with Crippen LogP contribution in [0.15, 0.2) is 18.2 Å². The van der Waals surface area contributed by atoms with Crippen LogP contribution in [0.2, 0.25) is 0 Å². The third-order valence-electron chi connectivity index (χ3n) is 3.22. The number of aliphatic carboxylic acids is 1. The van der Waals surface area contributed by atoms with E-state index in [-0.39, 0.29) is 18.0 Å². The van der Waals surface area contributed by atoms with E-state index in [0.29, 0.717) is 5.56 Å². The highest BCUT2D eigenvalue weighted by molar-refractivity contribution is 5.74. The van der Waals surface area contributed by atoms with Crippen LogP contribution >= 0.6 is 0 Å². The first-order valence-electron chi connectivity index (χ1n) is 5.01. The van der Waals surface area contributed by atoms with Crippen molar-refractivity contribution in [2.45, 2.75) is 19.3 Å². The Balaban J connectivity index is 2.50. The monoisotopic (exact) mass is 221 g/mol. The van der Waals surface area contributed by atoms with Gasteiger partial charge in [-0.2, -0.15) is 0 Å². The second-order valence-electron chi connectivity index (χ2n) is 4.04. The van der Waals surface area contributed by atoms with Gasteiger partial charge < -0.3 is 5.11 Å². The SMILES string of the molecule is CC1c2cccc([N+](=O)[O-])c2CC1C(=O)O. The number of carboxylic acid groups (broad SMARTS) is 1. The second kappa shape index (κ2) is 3.59. The minimum absolute atomic E-state index is 0.0353. The molecule has 5 heteroatoms. The molecular formula is C11H11NO4. The quantitative estimate of drug-likeness (QED) is 0.611. The van der Waals surface area contributed by atoms with Gasteiger partial charge >= 0.3 is 5.97 Å². The average Bonchev–Trinajstić information content (AvgIpc) is 2.56. The molecule has 1 aliphatic rings. The van der Waals surface area contributed by atoms with Crippen molar-refractivity contribution in [2.24, 2.45) is 5.92 Å². The van der Waals surface area contributed by atoms with Gasteiger partial charge in [-0.1, -0.05) is 19.1 Å². The summed E-state index contributed by atoms with van der Waals surface area (Å²) in [5.74, 6) is -1.60. The zero-order chi connectivity index (χ0) is 11.9. The van der Waals surface area contributed by atoms with E-state index in [9.17, 15) is 14.9 Å². The van der Waals surface area contributed by atoms with Crippen LogP contribution in [0.3, 0.4) is 0 Å². The first kappa shape index (κ1) is 10.6. The second-order valence-corrected chi connectivity index (χ2v) is 4.04. The molecule has 2 atom stereocenters. The summed E-state index contributed by atoms with van der Waals surface area (Å²) in [6, 6.07) is 4.81. The molecule has 1 aliphatic carbocycles. The summed E-state index contributed by atoms with van der Waals surface area (Å²) in [7, 11) is 0. The number of hydrogen-bond donors (Lipinski definition) is 1. The minimum atomic E-state index is -0.891. The van der Waals surface area contributed by atoms with Gasteiger partial charge in [0.1, 0.15) is 0 Å². The van der Waals surface area contributed by atoms with E-state index in [0.717, 1.165) is 5.56 Å². The van der Waals surface area contributed by atoms with E-state index in [1.807, 2.05) is 0 Å². The van der Waals surface area contributed by atoms with Gasteiger partial charge in [0.2, 0.25) is 0 Å². The molecule has 5 nitrogen and oxygen atoms in total. The third kappa shape index (κ3) is 1.44. The van der Waals surface area contributed by atoms with E-state index >= 15 is 0 Å². The fraction of sp³-hybridized carbons (Fsp3) is 0.364. The average molecular weight is 221 g/mol. The molecule has 0 saturated heterocycles. The molecule has 16 heavy (non-hydrogen) atoms. The summed E-state index contributed by atoms with van der Waals surface area (Å²) in [6.45, 7) is 1.80. The topological polar surface area (TPSA) is 80.4 Å². The van der Waals surface area contributed by atoms with E-state index in [4.69, 9.17) is 5.11 Å². The van der Waals surface area contributed by atoms with Gasteiger partial charge in [0.25, 0.3) is 5.69 Å². The van der Waals surface area contributed by atoms with Crippen LogP contribution in [-0.2, 0) is 11.2 Å². The number of carbonyl (C=O) groups is 1. The zero-order valence-electron chi connectivity index (χ0n) is 8.71. The van der Waals surface area contributed by atoms with Gasteiger partial charge in [-0.25, -0.2) is 0 Å². The van der Waals surface area contributed by atoms with Gasteiger partial charge in [-0.3, -0.25) is 14.9 Å². The van der Waals surface area contributed by atoms with E-state index in [1.54, 1.807) is 19.1 Å². The maximum Gasteiger partial charge on any atom is 0.307 e. The molecule has 0 amide bonds. The fourth-order valence-corrected chi connectivity index (χ4v) is 2.33. The standard InChI is InChI=1S/C11H11NO4/c1-6-7-3-2-4-10(12(15)16)9(7)5-8(6)11(13)14/h2-4,6,8H,5H2,1H3,(H,13,14). The Hall–Kier alpha value is -1.91. The fourth-order valence-electron chi connectivity index (χ4n) is 2.33. The number of hydrogen-bond acceptors (Lipinski definition) is 3. The molecule has 0 spiro atoms. The van der Waals surface area contributed by atoms with Crippen molar-refractivity contribution in [2.75, 3.05) is 0 Å². The van der Waals surface area contributed by atoms with Crippen molar-refractivity contribution in [1.82, 2.24) is 0 Å². The number of fused-ring (bicyclic) bond motifs is 1. The lowest BCUT2D eigenvalue weighted by molar-refractivity contribution is -0.385. The van der Waals surface area contributed by atoms with Crippen LogP contribution in [0.5, 0.6) is 0 Å². The third-order valence-corrected chi connectivity index (χ3v) is 3.22. The first-order valence-corrected chi connectivity index (χ1v) is 5.01. The van der Waals surface area contributed by atoms with Crippen LogP contribution in [0, 0.1) is 16.0 Å². The summed E-state index contributed by atoms with van der Waals surface area (Å²) in [5, 5.41) is 19.8. The molecule has 0 heterocycles. The predicted octanol–water partition coefficient (Wildman–Crippen LogP) is 1.96. The smallest absolute Gasteiger partial charge is 0.307 e. The highest BCUT2D eigenvalue weighted by Crippen LogP contribution is 2.41. The Morgan fingerprint density at radius 2 is 2.25 bits per heavy atom. The molecule has 1 aromatic carbocycles. The molecule has 84 valence electrons. The number of nitro benzene ring substituents is 1. The Morgan fingerprint density at radius 1 is 1.56 bits per heavy atom. The number of benzene rings is 1. The van der Waals surface area contributed by atoms with Crippen molar-refractivity contribution in [3.63, 3.8) is 0 Å². The lowest BCUT2D eigenvalue weighted by Crippen LogP contribution is -2.16. The number of rotatable bonds is 2. The molecule has 0 aliphatic heterocycles. The molecule has 0 aromatic heterocycles. The molecule has 2 rings (SSSR count). The van der Waals surface area contributed by atoms with Crippen molar-refractivity contribution in [3.05, 3.63) is 39.4 Å². The summed E-state index contributed by atoms with van der Waals surface area (Å²) < 4.78 is 0. The summed E-state index contributed by atoms with van der Waals surface area (Å²) in [5.41, 5.74) is 1.40. The van der Waals surface area contributed by atoms with E-state index in [1.165, 1.54) is 6.07 Å². The molecule has 0 bridgehead atoms. The van der Waals surface area contributed by atoms with E-state index in [2.05, 4.69) is 0 Å². The van der Waals surface area contributed by atoms with Gasteiger partial charge in [0.15, 0.2) is 0 Å². The molecule has 0 radical (unpaired) electrons. The van der Waals surface area contributed by atoms with E-state index < -0.39 is 16.8 Å². The molecule has 2 unspecified atom stereocenters. The van der Waals surface area contributed by atoms with Gasteiger partial charge in [0, 0.05) is 11.6 Å². The highest BCUT2D eigenvalue weighted by atomic mass is 16.6. The normalized spacial score (nSPS) is 22.8. The lowest BCUT2D eigenvalue weighted by atomic mass is 9.95. The molecule has 1 aromatic rings. The Morgan fingerprint density at radius 3 is 2.81 bits per heavy atom. The van der Waals surface area contributed by atoms with Gasteiger partial charge in [-0.15, -0.1) is 0 Å². The van der Waals surface area contributed by atoms with Gasteiger partial charge in [0.05, 0.1) is 10.8 Å². The molecule has 0 saturated carbocycles. The number of nitrogens with zero attached hydrogens (tertiary/aromatic N) is 1. The number of carboxylic acids is 1. The van der Waals surface area contributed by atoms with Crippen LogP contribution in [0.4, 0.5) is 5.69 Å². The minimum Gasteiger partial charge on any atom is -0.481 e. The van der Waals surface area contributed by atoms with Crippen LogP contribution < -0.4 is 0 Å². The van der Waals surface area contributed by atoms with Gasteiger partial charge in [-0.05, 0) is 17.9 Å². The number of nitro groups is 1. The van der Waals surface area contributed by atoms with Crippen molar-refractivity contribution >= 4 is 11.7 Å². The summed E-state index contributed by atoms with van der Waals surface area (Å²) in [6.07, 6.45) is 0.253. The maximum absolute atomic E-state index is 11.0. The first-order chi connectivity index (χ1) is 7.52. The van der Waals surface area contributed by atoms with Crippen LogP contribution in [0.1, 0.15) is 24.0 Å². The Bertz CT molecular complexity index is 469. The van der Waals surface area contributed by atoms with Crippen molar-refractivity contribution in [3.8, 4) is 0 Å². The Labute approximate surface area is 91.9 Å². The molecule has 1 N–H and O–H groups in total. The predicted molar refractivity (Wildman–Crippen MR) is 56.3 cm³/mol. The lowest BCUT2D eigenvalue weighted by Gasteiger charge is -2.09. The maximum atomic E-state index is 11.0. The van der Waals surface area contributed by atoms with Crippen LogP contribution in [-0.4, -0.2) is 16.0 Å². The zero-order valence-corrected chi connectivity index (χ0v) is 8.71. The Kier molecular flexibility index (Phi) is 2.38. The summed E-state index contributed by atoms with van der Waals surface area (Å²) >= 11 is 0. The molecule has 0 fully saturated rings. The highest BCUT2D eigenvalue weighted by Gasteiger charge is 2.37.